The van der Waals surface area contributed by atoms with Crippen LogP contribution in [0.3, 0.4) is 0 Å². The zero-order valence-electron chi connectivity index (χ0n) is 8.31. The van der Waals surface area contributed by atoms with Gasteiger partial charge in [0.25, 0.3) is 0 Å². The highest BCUT2D eigenvalue weighted by atomic mass is 16.1. The molecule has 0 heterocycles. The van der Waals surface area contributed by atoms with Crippen LogP contribution in [0.4, 0.5) is 0 Å². The minimum absolute atomic E-state index is 0.119. The number of carbonyl (C=O) groups excluding carboxylic acids is 1. The van der Waals surface area contributed by atoms with E-state index in [0.717, 1.165) is 6.54 Å². The number of rotatable bonds is 3. The van der Waals surface area contributed by atoms with Gasteiger partial charge in [-0.25, -0.2) is 0 Å². The van der Waals surface area contributed by atoms with Crippen LogP contribution in [-0.2, 0) is 4.79 Å². The molecule has 1 aliphatic rings. The van der Waals surface area contributed by atoms with Crippen LogP contribution >= 0.6 is 0 Å². The second-order valence-corrected chi connectivity index (χ2v) is 4.54. The normalized spacial score (nSPS) is 20.3. The Morgan fingerprint density at radius 2 is 2.08 bits per heavy atom. The van der Waals surface area contributed by atoms with Gasteiger partial charge in [0.05, 0.1) is 0 Å². The fourth-order valence-electron chi connectivity index (χ4n) is 1.46. The second kappa shape index (κ2) is 3.46. The summed E-state index contributed by atoms with van der Waals surface area (Å²) in [7, 11) is 0. The van der Waals surface area contributed by atoms with Crippen molar-refractivity contribution in [3.8, 4) is 0 Å². The van der Waals surface area contributed by atoms with Crippen LogP contribution < -0.4 is 5.32 Å². The molecule has 0 saturated heterocycles. The van der Waals surface area contributed by atoms with Crippen LogP contribution in [0, 0.1) is 11.3 Å². The van der Waals surface area contributed by atoms with Crippen molar-refractivity contribution in [3.63, 3.8) is 0 Å². The number of carbonyl (C=O) groups is 1. The minimum Gasteiger partial charge on any atom is -0.355 e. The van der Waals surface area contributed by atoms with Gasteiger partial charge in [0.2, 0.25) is 5.91 Å². The molecule has 0 atom stereocenters. The first-order chi connectivity index (χ1) is 5.53. The van der Waals surface area contributed by atoms with E-state index >= 15 is 0 Å². The van der Waals surface area contributed by atoms with Gasteiger partial charge in [0.1, 0.15) is 0 Å². The van der Waals surface area contributed by atoms with Crippen molar-refractivity contribution < 1.29 is 4.79 Å². The molecule has 1 rings (SSSR count). The summed E-state index contributed by atoms with van der Waals surface area (Å²) in [5.74, 6) is 0.303. The predicted octanol–water partition coefficient (Wildman–Crippen LogP) is 1.95. The third kappa shape index (κ3) is 2.23. The SMILES string of the molecule is CC(C)C(=O)NCC1(C)CCC1. The summed E-state index contributed by atoms with van der Waals surface area (Å²) in [5, 5.41) is 2.99. The summed E-state index contributed by atoms with van der Waals surface area (Å²) in [6, 6.07) is 0. The Bertz CT molecular complexity index is 171. The molecular formula is C10H19NO. The van der Waals surface area contributed by atoms with Crippen molar-refractivity contribution in [2.45, 2.75) is 40.0 Å². The molecule has 0 aliphatic heterocycles. The highest BCUT2D eigenvalue weighted by Gasteiger charge is 2.31. The third-order valence-corrected chi connectivity index (χ3v) is 2.77. The van der Waals surface area contributed by atoms with Crippen molar-refractivity contribution in [1.29, 1.82) is 0 Å². The molecular weight excluding hydrogens is 150 g/mol. The average molecular weight is 169 g/mol. The Labute approximate surface area is 74.7 Å². The Hall–Kier alpha value is -0.530. The molecule has 0 aromatic rings. The molecule has 1 aliphatic carbocycles. The molecule has 0 aromatic carbocycles. The summed E-state index contributed by atoms with van der Waals surface area (Å²) in [6.45, 7) is 6.97. The maximum atomic E-state index is 11.2. The summed E-state index contributed by atoms with van der Waals surface area (Å²) in [5.41, 5.74) is 0.407. The lowest BCUT2D eigenvalue weighted by Crippen LogP contribution is -2.41. The molecule has 1 saturated carbocycles. The molecule has 0 aromatic heterocycles. The number of nitrogens with one attached hydrogen (secondary N) is 1. The van der Waals surface area contributed by atoms with Gasteiger partial charge in [-0.15, -0.1) is 0 Å². The lowest BCUT2D eigenvalue weighted by atomic mass is 9.70. The Morgan fingerprint density at radius 3 is 2.42 bits per heavy atom. The molecule has 70 valence electrons. The van der Waals surface area contributed by atoms with Crippen molar-refractivity contribution >= 4 is 5.91 Å². The molecule has 0 radical (unpaired) electrons. The van der Waals surface area contributed by atoms with E-state index in [2.05, 4.69) is 12.2 Å². The first-order valence-corrected chi connectivity index (χ1v) is 4.81. The highest BCUT2D eigenvalue weighted by molar-refractivity contribution is 5.77. The maximum Gasteiger partial charge on any atom is 0.222 e. The molecule has 0 unspecified atom stereocenters. The van der Waals surface area contributed by atoms with E-state index in [1.54, 1.807) is 0 Å². The fourth-order valence-corrected chi connectivity index (χ4v) is 1.46. The highest BCUT2D eigenvalue weighted by Crippen LogP contribution is 2.39. The first kappa shape index (κ1) is 9.56. The molecule has 0 spiro atoms. The van der Waals surface area contributed by atoms with Crippen LogP contribution in [0.25, 0.3) is 0 Å². The lowest BCUT2D eigenvalue weighted by Gasteiger charge is -2.38. The monoisotopic (exact) mass is 169 g/mol. The van der Waals surface area contributed by atoms with Gasteiger partial charge in [-0.3, -0.25) is 4.79 Å². The number of hydrogen-bond donors (Lipinski definition) is 1. The molecule has 1 fully saturated rings. The number of hydrogen-bond acceptors (Lipinski definition) is 1. The van der Waals surface area contributed by atoms with Gasteiger partial charge < -0.3 is 5.32 Å². The Balaban J connectivity index is 2.21. The van der Waals surface area contributed by atoms with Crippen LogP contribution in [-0.4, -0.2) is 12.5 Å². The van der Waals surface area contributed by atoms with Crippen LogP contribution in [0.15, 0.2) is 0 Å². The van der Waals surface area contributed by atoms with Crippen molar-refractivity contribution in [2.75, 3.05) is 6.54 Å². The van der Waals surface area contributed by atoms with Crippen LogP contribution in [0.1, 0.15) is 40.0 Å². The molecule has 0 bridgehead atoms. The van der Waals surface area contributed by atoms with Crippen LogP contribution in [0.5, 0.6) is 0 Å². The summed E-state index contributed by atoms with van der Waals surface area (Å²) >= 11 is 0. The quantitative estimate of drug-likeness (QED) is 0.687. The standard InChI is InChI=1S/C10H19NO/c1-8(2)9(12)11-7-10(3)5-4-6-10/h8H,4-7H2,1-3H3,(H,11,12). The van der Waals surface area contributed by atoms with Gasteiger partial charge in [-0.2, -0.15) is 0 Å². The van der Waals surface area contributed by atoms with Crippen molar-refractivity contribution in [1.82, 2.24) is 5.32 Å². The largest absolute Gasteiger partial charge is 0.355 e. The topological polar surface area (TPSA) is 29.1 Å². The second-order valence-electron chi connectivity index (χ2n) is 4.54. The molecule has 2 nitrogen and oxygen atoms in total. The Morgan fingerprint density at radius 1 is 1.50 bits per heavy atom. The van der Waals surface area contributed by atoms with E-state index in [0.29, 0.717) is 5.41 Å². The van der Waals surface area contributed by atoms with E-state index in [-0.39, 0.29) is 11.8 Å². The van der Waals surface area contributed by atoms with E-state index in [1.165, 1.54) is 19.3 Å². The van der Waals surface area contributed by atoms with E-state index in [9.17, 15) is 4.79 Å². The van der Waals surface area contributed by atoms with Gasteiger partial charge in [0, 0.05) is 12.5 Å². The van der Waals surface area contributed by atoms with Crippen molar-refractivity contribution in [3.05, 3.63) is 0 Å². The van der Waals surface area contributed by atoms with E-state index in [1.807, 2.05) is 13.8 Å². The van der Waals surface area contributed by atoms with E-state index in [4.69, 9.17) is 0 Å². The zero-order chi connectivity index (χ0) is 9.19. The molecule has 12 heavy (non-hydrogen) atoms. The van der Waals surface area contributed by atoms with E-state index < -0.39 is 0 Å². The van der Waals surface area contributed by atoms with Crippen LogP contribution in [0.2, 0.25) is 0 Å². The number of amides is 1. The fraction of sp³-hybridized carbons (Fsp3) is 0.900. The predicted molar refractivity (Wildman–Crippen MR) is 49.8 cm³/mol. The molecule has 2 heteroatoms. The van der Waals surface area contributed by atoms with Gasteiger partial charge >= 0.3 is 0 Å². The van der Waals surface area contributed by atoms with Gasteiger partial charge in [0.15, 0.2) is 0 Å². The maximum absolute atomic E-state index is 11.2. The van der Waals surface area contributed by atoms with Crippen molar-refractivity contribution in [2.24, 2.45) is 11.3 Å². The first-order valence-electron chi connectivity index (χ1n) is 4.81. The summed E-state index contributed by atoms with van der Waals surface area (Å²) in [4.78, 5) is 11.2. The van der Waals surface area contributed by atoms with Gasteiger partial charge in [-0.1, -0.05) is 27.2 Å². The molecule has 1 N–H and O–H groups in total. The minimum atomic E-state index is 0.119. The Kier molecular flexibility index (Phi) is 2.76. The summed E-state index contributed by atoms with van der Waals surface area (Å²) < 4.78 is 0. The lowest BCUT2D eigenvalue weighted by molar-refractivity contribution is -0.124. The van der Waals surface area contributed by atoms with Gasteiger partial charge in [-0.05, 0) is 18.3 Å². The smallest absolute Gasteiger partial charge is 0.222 e. The summed E-state index contributed by atoms with van der Waals surface area (Å²) in [6.07, 6.45) is 3.87. The molecule has 1 amide bonds. The average Bonchev–Trinajstić information content (AvgIpc) is 1.96. The third-order valence-electron chi connectivity index (χ3n) is 2.77. The zero-order valence-corrected chi connectivity index (χ0v) is 8.31.